The molecule has 1 N–H and O–H groups in total. The Morgan fingerprint density at radius 3 is 2.17 bits per heavy atom. The summed E-state index contributed by atoms with van der Waals surface area (Å²) in [6.07, 6.45) is 1.08. The number of benzene rings is 2. The molecule has 7 nitrogen and oxygen atoms in total. The van der Waals surface area contributed by atoms with Gasteiger partial charge in [0.05, 0.1) is 25.5 Å². The van der Waals surface area contributed by atoms with Crippen LogP contribution in [0.4, 0.5) is 0 Å². The lowest BCUT2D eigenvalue weighted by molar-refractivity contribution is -0.125. The highest BCUT2D eigenvalue weighted by atomic mass is 32.2. The number of ether oxygens (including phenoxy) is 2. The van der Waals surface area contributed by atoms with Gasteiger partial charge in [-0.25, -0.2) is 8.42 Å². The second-order valence-electron chi connectivity index (χ2n) is 6.89. The number of nitrogens with one attached hydrogen (secondary N) is 1. The summed E-state index contributed by atoms with van der Waals surface area (Å²) in [5.41, 5.74) is 1.42. The molecule has 2 rings (SSSR count). The molecular formula is C22H30N2O5S. The molecule has 0 unspecified atom stereocenters. The molecule has 1 amide bonds. The van der Waals surface area contributed by atoms with E-state index >= 15 is 0 Å². The maximum Gasteiger partial charge on any atom is 0.243 e. The molecule has 30 heavy (non-hydrogen) atoms. The second-order valence-corrected chi connectivity index (χ2v) is 8.94. The molecule has 0 radical (unpaired) electrons. The van der Waals surface area contributed by atoms with Crippen LogP contribution in [0.25, 0.3) is 0 Å². The number of carbonyl (C=O) groups is 1. The molecule has 2 atom stereocenters. The summed E-state index contributed by atoms with van der Waals surface area (Å²) >= 11 is 0. The minimum absolute atomic E-state index is 0.369. The number of likely N-dealkylation sites (N-methyl/N-ethyl adjacent to an activating group) is 1. The Balaban J connectivity index is 2.30. The quantitative estimate of drug-likeness (QED) is 0.620. The Labute approximate surface area is 179 Å². The largest absolute Gasteiger partial charge is 0.490 e. The molecule has 2 aromatic carbocycles. The number of nitrogens with zero attached hydrogens (tertiary/aromatic N) is 1. The van der Waals surface area contributed by atoms with E-state index in [9.17, 15) is 13.2 Å². The summed E-state index contributed by atoms with van der Waals surface area (Å²) in [6.45, 7) is 6.63. The number of sulfonamides is 1. The monoisotopic (exact) mass is 434 g/mol. The van der Waals surface area contributed by atoms with E-state index in [0.29, 0.717) is 30.3 Å². The first-order valence-corrected chi connectivity index (χ1v) is 11.7. The number of amides is 1. The average Bonchev–Trinajstić information content (AvgIpc) is 2.70. The minimum atomic E-state index is -3.59. The van der Waals surface area contributed by atoms with E-state index in [1.54, 1.807) is 24.3 Å². The third-order valence-corrected chi connectivity index (χ3v) is 5.93. The van der Waals surface area contributed by atoms with Crippen molar-refractivity contribution in [1.82, 2.24) is 9.62 Å². The molecule has 0 bridgehead atoms. The fraction of sp³-hybridized carbons (Fsp3) is 0.409. The van der Waals surface area contributed by atoms with Crippen molar-refractivity contribution in [2.24, 2.45) is 0 Å². The Bertz CT molecular complexity index is 947. The van der Waals surface area contributed by atoms with Crippen molar-refractivity contribution >= 4 is 15.9 Å². The Morgan fingerprint density at radius 2 is 1.60 bits per heavy atom. The smallest absolute Gasteiger partial charge is 0.243 e. The van der Waals surface area contributed by atoms with Gasteiger partial charge in [-0.2, -0.15) is 4.31 Å². The van der Waals surface area contributed by atoms with Crippen LogP contribution in [0.1, 0.15) is 44.0 Å². The Hall–Kier alpha value is -2.58. The maximum absolute atomic E-state index is 13.1. The number of carbonyl (C=O) groups excluding carboxylic acids is 1. The molecular weight excluding hydrogens is 404 g/mol. The van der Waals surface area contributed by atoms with E-state index in [4.69, 9.17) is 9.47 Å². The van der Waals surface area contributed by atoms with E-state index in [1.807, 2.05) is 45.0 Å². The molecule has 0 heterocycles. The van der Waals surface area contributed by atoms with Crippen molar-refractivity contribution in [3.8, 4) is 11.5 Å². The summed E-state index contributed by atoms with van der Waals surface area (Å²) < 4.78 is 36.6. The molecule has 0 saturated heterocycles. The fourth-order valence-corrected chi connectivity index (χ4v) is 3.67. The second kappa shape index (κ2) is 10.4. The predicted octanol–water partition coefficient (Wildman–Crippen LogP) is 3.29. The summed E-state index contributed by atoms with van der Waals surface area (Å²) in [7, 11) is -2.18. The SMILES string of the molecule is CCOc1ccc([C@@H](C)NC(=O)[C@@H](c2ccccc2)N(C)S(C)(=O)=O)cc1OCC. The van der Waals surface area contributed by atoms with Gasteiger partial charge in [0.25, 0.3) is 0 Å². The summed E-state index contributed by atoms with van der Waals surface area (Å²) in [5.74, 6) is 0.833. The van der Waals surface area contributed by atoms with Crippen LogP contribution in [0.5, 0.6) is 11.5 Å². The predicted molar refractivity (Wildman–Crippen MR) is 117 cm³/mol. The van der Waals surface area contributed by atoms with Crippen LogP contribution in [0.3, 0.4) is 0 Å². The first kappa shape index (κ1) is 23.7. The normalized spacial score (nSPS) is 13.5. The van der Waals surface area contributed by atoms with Crippen molar-refractivity contribution < 1.29 is 22.7 Å². The third kappa shape index (κ3) is 5.96. The van der Waals surface area contributed by atoms with Gasteiger partial charge in [-0.05, 0) is 44.0 Å². The van der Waals surface area contributed by atoms with E-state index < -0.39 is 22.0 Å². The van der Waals surface area contributed by atoms with Gasteiger partial charge in [-0.3, -0.25) is 4.79 Å². The van der Waals surface area contributed by atoms with Crippen LogP contribution in [0.2, 0.25) is 0 Å². The summed E-state index contributed by atoms with van der Waals surface area (Å²) in [4.78, 5) is 13.1. The lowest BCUT2D eigenvalue weighted by Crippen LogP contribution is -2.42. The van der Waals surface area contributed by atoms with Gasteiger partial charge in [0, 0.05) is 7.05 Å². The maximum atomic E-state index is 13.1. The number of rotatable bonds is 10. The first-order valence-electron chi connectivity index (χ1n) is 9.86. The lowest BCUT2D eigenvalue weighted by Gasteiger charge is -2.27. The molecule has 0 saturated carbocycles. The van der Waals surface area contributed by atoms with Gasteiger partial charge in [0.15, 0.2) is 11.5 Å². The number of hydrogen-bond acceptors (Lipinski definition) is 5. The lowest BCUT2D eigenvalue weighted by atomic mass is 10.0. The topological polar surface area (TPSA) is 84.9 Å². The highest BCUT2D eigenvalue weighted by Crippen LogP contribution is 2.31. The Morgan fingerprint density at radius 1 is 1.00 bits per heavy atom. The van der Waals surface area contributed by atoms with Crippen LogP contribution in [-0.2, 0) is 14.8 Å². The van der Waals surface area contributed by atoms with Gasteiger partial charge >= 0.3 is 0 Å². The van der Waals surface area contributed by atoms with E-state index in [-0.39, 0.29) is 6.04 Å². The molecule has 0 aliphatic rings. The van der Waals surface area contributed by atoms with E-state index in [0.717, 1.165) is 16.1 Å². The third-order valence-electron chi connectivity index (χ3n) is 4.68. The summed E-state index contributed by atoms with van der Waals surface area (Å²) in [5, 5.41) is 2.93. The molecule has 0 spiro atoms. The van der Waals surface area contributed by atoms with Crippen LogP contribution in [-0.4, -0.2) is 45.1 Å². The standard InChI is InChI=1S/C22H30N2O5S/c1-6-28-19-14-13-18(15-20(19)29-7-2)16(3)23-22(25)21(24(4)30(5,26)27)17-11-9-8-10-12-17/h8-16,21H,6-7H2,1-5H3,(H,23,25)/t16-,21-/m1/s1. The van der Waals surface area contributed by atoms with Gasteiger partial charge in [0.2, 0.25) is 15.9 Å². The molecule has 2 aromatic rings. The molecule has 0 aromatic heterocycles. The van der Waals surface area contributed by atoms with Crippen LogP contribution < -0.4 is 14.8 Å². The fourth-order valence-electron chi connectivity index (χ4n) is 3.07. The average molecular weight is 435 g/mol. The molecule has 0 aliphatic carbocycles. The van der Waals surface area contributed by atoms with Crippen LogP contribution in [0.15, 0.2) is 48.5 Å². The van der Waals surface area contributed by atoms with Gasteiger partial charge in [-0.15, -0.1) is 0 Å². The molecule has 0 fully saturated rings. The highest BCUT2D eigenvalue weighted by Gasteiger charge is 2.31. The van der Waals surface area contributed by atoms with Gasteiger partial charge < -0.3 is 14.8 Å². The summed E-state index contributed by atoms with van der Waals surface area (Å²) in [6, 6.07) is 13.0. The van der Waals surface area contributed by atoms with Crippen molar-refractivity contribution in [3.05, 3.63) is 59.7 Å². The molecule has 164 valence electrons. The first-order chi connectivity index (χ1) is 14.2. The van der Waals surface area contributed by atoms with Crippen molar-refractivity contribution in [1.29, 1.82) is 0 Å². The highest BCUT2D eigenvalue weighted by molar-refractivity contribution is 7.88. The van der Waals surface area contributed by atoms with Crippen molar-refractivity contribution in [3.63, 3.8) is 0 Å². The zero-order chi connectivity index (χ0) is 22.3. The van der Waals surface area contributed by atoms with Crippen molar-refractivity contribution in [2.45, 2.75) is 32.9 Å². The zero-order valence-corrected chi connectivity index (χ0v) is 18.9. The minimum Gasteiger partial charge on any atom is -0.490 e. The van der Waals surface area contributed by atoms with Crippen LogP contribution in [0, 0.1) is 0 Å². The Kier molecular flexibility index (Phi) is 8.25. The van der Waals surface area contributed by atoms with Crippen molar-refractivity contribution in [2.75, 3.05) is 26.5 Å². The van der Waals surface area contributed by atoms with Gasteiger partial charge in [0.1, 0.15) is 6.04 Å². The number of hydrogen-bond donors (Lipinski definition) is 1. The van der Waals surface area contributed by atoms with Crippen LogP contribution >= 0.6 is 0 Å². The zero-order valence-electron chi connectivity index (χ0n) is 18.1. The van der Waals surface area contributed by atoms with E-state index in [2.05, 4.69) is 5.32 Å². The molecule has 8 heteroatoms. The molecule has 0 aliphatic heterocycles. The van der Waals surface area contributed by atoms with Gasteiger partial charge in [-0.1, -0.05) is 36.4 Å². The van der Waals surface area contributed by atoms with E-state index in [1.165, 1.54) is 7.05 Å².